The number of hydrogen-bond donors (Lipinski definition) is 0. The largest absolute Gasteiger partial charge is 0.292 e. The lowest BCUT2D eigenvalue weighted by Gasteiger charge is -2.27. The molecule has 0 fully saturated rings. The topological polar surface area (TPSA) is 41.9 Å². The van der Waals surface area contributed by atoms with Gasteiger partial charge in [-0.05, 0) is 41.8 Å². The van der Waals surface area contributed by atoms with Crippen LogP contribution in [-0.2, 0) is 19.5 Å². The molecular weight excluding hydrogens is 364 g/mol. The first-order valence-electron chi connectivity index (χ1n) is 9.48. The number of fused-ring (bicyclic) bond motifs is 1. The Balaban J connectivity index is 1.33. The lowest BCUT2D eigenvalue weighted by Crippen LogP contribution is -2.30. The highest BCUT2D eigenvalue weighted by molar-refractivity contribution is 7.15. The van der Waals surface area contributed by atoms with E-state index in [1.54, 1.807) is 6.20 Å². The molecule has 0 unspecified atom stereocenters. The summed E-state index contributed by atoms with van der Waals surface area (Å²) in [5.41, 5.74) is 4.50. The summed E-state index contributed by atoms with van der Waals surface area (Å²) in [6.07, 6.45) is 4.75. The zero-order valence-corrected chi connectivity index (χ0v) is 16.3. The number of pyridine rings is 1. The van der Waals surface area contributed by atoms with Gasteiger partial charge < -0.3 is 0 Å². The van der Waals surface area contributed by atoms with E-state index in [0.29, 0.717) is 5.82 Å². The molecule has 3 aromatic heterocycles. The predicted molar refractivity (Wildman–Crippen MR) is 113 cm³/mol. The van der Waals surface area contributed by atoms with Crippen LogP contribution in [0.4, 0.5) is 0 Å². The first-order valence-corrected chi connectivity index (χ1v) is 10.3. The predicted octanol–water partition coefficient (Wildman–Crippen LogP) is 4.83. The molecule has 0 aliphatic carbocycles. The molecule has 1 aliphatic heterocycles. The van der Waals surface area contributed by atoms with Gasteiger partial charge >= 0.3 is 0 Å². The molecule has 0 atom stereocenters. The lowest BCUT2D eigenvalue weighted by molar-refractivity contribution is 0.243. The summed E-state index contributed by atoms with van der Waals surface area (Å²) in [6, 6.07) is 20.9. The Morgan fingerprint density at radius 3 is 2.68 bits per heavy atom. The van der Waals surface area contributed by atoms with E-state index in [1.807, 2.05) is 35.7 Å². The van der Waals surface area contributed by atoms with Crippen LogP contribution in [0, 0.1) is 0 Å². The summed E-state index contributed by atoms with van der Waals surface area (Å²) in [7, 11) is 0. The van der Waals surface area contributed by atoms with E-state index >= 15 is 0 Å². The Hall–Kier alpha value is -2.89. The van der Waals surface area contributed by atoms with Gasteiger partial charge in [-0.15, -0.1) is 11.3 Å². The van der Waals surface area contributed by atoms with Crippen LogP contribution in [-0.4, -0.2) is 26.4 Å². The molecule has 0 radical (unpaired) electrons. The average Bonchev–Trinajstić information content (AvgIpc) is 3.23. The third-order valence-electron chi connectivity index (χ3n) is 5.02. The summed E-state index contributed by atoms with van der Waals surface area (Å²) in [5.74, 6) is 0.712. The van der Waals surface area contributed by atoms with Crippen molar-refractivity contribution in [2.24, 2.45) is 0 Å². The van der Waals surface area contributed by atoms with Crippen molar-refractivity contribution in [2.75, 3.05) is 6.54 Å². The molecule has 4 heterocycles. The number of hydrogen-bond acceptors (Lipinski definition) is 5. The van der Waals surface area contributed by atoms with Gasteiger partial charge in [0.2, 0.25) is 0 Å². The fourth-order valence-electron chi connectivity index (χ4n) is 3.55. The van der Waals surface area contributed by atoms with Gasteiger partial charge in [-0.1, -0.05) is 36.4 Å². The van der Waals surface area contributed by atoms with Crippen molar-refractivity contribution in [1.29, 1.82) is 0 Å². The van der Waals surface area contributed by atoms with Crippen molar-refractivity contribution in [2.45, 2.75) is 19.5 Å². The minimum Gasteiger partial charge on any atom is -0.292 e. The molecular formula is C23H20N4S. The molecule has 5 heteroatoms. The quantitative estimate of drug-likeness (QED) is 0.506. The van der Waals surface area contributed by atoms with Gasteiger partial charge in [-0.25, -0.2) is 9.97 Å². The van der Waals surface area contributed by atoms with Crippen LogP contribution < -0.4 is 0 Å². The fourth-order valence-corrected chi connectivity index (χ4v) is 4.61. The van der Waals surface area contributed by atoms with Gasteiger partial charge in [-0.3, -0.25) is 9.88 Å². The van der Waals surface area contributed by atoms with Crippen LogP contribution in [0.5, 0.6) is 0 Å². The molecule has 0 saturated heterocycles. The molecule has 138 valence electrons. The van der Waals surface area contributed by atoms with Gasteiger partial charge in [-0.2, -0.15) is 0 Å². The zero-order valence-electron chi connectivity index (χ0n) is 15.5. The first kappa shape index (κ1) is 17.2. The summed E-state index contributed by atoms with van der Waals surface area (Å²) in [5, 5.41) is 0. The second-order valence-electron chi connectivity index (χ2n) is 6.97. The normalized spacial score (nSPS) is 14.0. The molecule has 0 bridgehead atoms. The highest BCUT2D eigenvalue weighted by atomic mass is 32.1. The Morgan fingerprint density at radius 1 is 0.929 bits per heavy atom. The Kier molecular flexibility index (Phi) is 4.69. The van der Waals surface area contributed by atoms with Gasteiger partial charge in [0.25, 0.3) is 0 Å². The minimum absolute atomic E-state index is 0.712. The zero-order chi connectivity index (χ0) is 18.8. The fraction of sp³-hybridized carbons (Fsp3) is 0.174. The molecule has 0 saturated carbocycles. The number of benzene rings is 1. The maximum absolute atomic E-state index is 4.82. The van der Waals surface area contributed by atoms with Crippen molar-refractivity contribution in [3.8, 4) is 22.0 Å². The summed E-state index contributed by atoms with van der Waals surface area (Å²) in [4.78, 5) is 18.9. The minimum atomic E-state index is 0.712. The SMILES string of the molecule is c1ccc(-c2ccc(CN3CCc4cnc(-c5ccccn5)nc4C3)s2)cc1. The summed E-state index contributed by atoms with van der Waals surface area (Å²) < 4.78 is 0. The molecule has 1 aromatic carbocycles. The number of rotatable bonds is 4. The van der Waals surface area contributed by atoms with Crippen molar-refractivity contribution >= 4 is 11.3 Å². The van der Waals surface area contributed by atoms with Crippen LogP contribution >= 0.6 is 11.3 Å². The van der Waals surface area contributed by atoms with Crippen LogP contribution in [0.1, 0.15) is 16.1 Å². The number of thiophene rings is 1. The van der Waals surface area contributed by atoms with E-state index in [4.69, 9.17) is 4.98 Å². The molecule has 0 spiro atoms. The van der Waals surface area contributed by atoms with Gasteiger partial charge in [0, 0.05) is 41.8 Å². The second-order valence-corrected chi connectivity index (χ2v) is 8.14. The van der Waals surface area contributed by atoms with Crippen molar-refractivity contribution < 1.29 is 0 Å². The molecule has 1 aliphatic rings. The van der Waals surface area contributed by atoms with Crippen LogP contribution in [0.25, 0.3) is 22.0 Å². The third-order valence-corrected chi connectivity index (χ3v) is 6.14. The summed E-state index contributed by atoms with van der Waals surface area (Å²) in [6.45, 7) is 2.86. The van der Waals surface area contributed by atoms with Crippen LogP contribution in [0.3, 0.4) is 0 Å². The van der Waals surface area contributed by atoms with E-state index < -0.39 is 0 Å². The van der Waals surface area contributed by atoms with Gasteiger partial charge in [0.1, 0.15) is 5.69 Å². The van der Waals surface area contributed by atoms with Gasteiger partial charge in [0.15, 0.2) is 5.82 Å². The maximum atomic E-state index is 4.82. The Labute approximate surface area is 168 Å². The number of aromatic nitrogens is 3. The molecule has 5 rings (SSSR count). The van der Waals surface area contributed by atoms with Crippen molar-refractivity contribution in [1.82, 2.24) is 19.9 Å². The molecule has 0 amide bonds. The molecule has 0 N–H and O–H groups in total. The Morgan fingerprint density at radius 2 is 1.82 bits per heavy atom. The highest BCUT2D eigenvalue weighted by Crippen LogP contribution is 2.29. The van der Waals surface area contributed by atoms with E-state index in [0.717, 1.165) is 37.4 Å². The van der Waals surface area contributed by atoms with E-state index in [2.05, 4.69) is 57.3 Å². The Bertz CT molecular complexity index is 1080. The van der Waals surface area contributed by atoms with E-state index in [1.165, 1.54) is 20.9 Å². The average molecular weight is 385 g/mol. The summed E-state index contributed by atoms with van der Waals surface area (Å²) >= 11 is 1.88. The molecule has 4 nitrogen and oxygen atoms in total. The smallest absolute Gasteiger partial charge is 0.178 e. The number of nitrogens with zero attached hydrogens (tertiary/aromatic N) is 4. The monoisotopic (exact) mass is 384 g/mol. The second kappa shape index (κ2) is 7.62. The van der Waals surface area contributed by atoms with Gasteiger partial charge in [0.05, 0.1) is 5.69 Å². The van der Waals surface area contributed by atoms with E-state index in [9.17, 15) is 0 Å². The van der Waals surface area contributed by atoms with Crippen molar-refractivity contribution in [3.63, 3.8) is 0 Å². The molecule has 28 heavy (non-hydrogen) atoms. The van der Waals surface area contributed by atoms with Crippen LogP contribution in [0.15, 0.2) is 73.1 Å². The third kappa shape index (κ3) is 3.59. The highest BCUT2D eigenvalue weighted by Gasteiger charge is 2.20. The standard InChI is InChI=1S/C23H20N4S/c1-2-6-17(7-3-1)22-10-9-19(28-22)15-27-13-11-18-14-25-23(26-21(18)16-27)20-8-4-5-12-24-20/h1-10,12,14H,11,13,15-16H2. The first-order chi connectivity index (χ1) is 13.8. The lowest BCUT2D eigenvalue weighted by atomic mass is 10.1. The van der Waals surface area contributed by atoms with Crippen molar-refractivity contribution in [3.05, 3.63) is 89.2 Å². The maximum Gasteiger partial charge on any atom is 0.178 e. The van der Waals surface area contributed by atoms with E-state index in [-0.39, 0.29) is 0 Å². The van der Waals surface area contributed by atoms with Crippen LogP contribution in [0.2, 0.25) is 0 Å². The molecule has 4 aromatic rings.